The van der Waals surface area contributed by atoms with Gasteiger partial charge in [-0.1, -0.05) is 28.8 Å². The molecule has 1 aliphatic rings. The van der Waals surface area contributed by atoms with E-state index in [4.69, 9.17) is 0 Å². The predicted molar refractivity (Wildman–Crippen MR) is 56.5 cm³/mol. The fourth-order valence-electron chi connectivity index (χ4n) is 2.07. The summed E-state index contributed by atoms with van der Waals surface area (Å²) in [5.41, 5.74) is -0.105. The smallest absolute Gasteiger partial charge is 0.124 e. The van der Waals surface area contributed by atoms with Gasteiger partial charge in [0, 0.05) is 4.47 Å². The number of benzene rings is 1. The highest BCUT2D eigenvalue weighted by atomic mass is 79.9. The van der Waals surface area contributed by atoms with Crippen LogP contribution >= 0.6 is 15.9 Å². The Morgan fingerprint density at radius 1 is 1.21 bits per heavy atom. The third-order valence-electron chi connectivity index (χ3n) is 2.83. The van der Waals surface area contributed by atoms with Crippen molar-refractivity contribution in [1.82, 2.24) is 0 Å². The molecule has 0 aliphatic heterocycles. The Labute approximate surface area is 91.1 Å². The molecule has 1 N–H and O–H groups in total. The number of hydrogen-bond donors (Lipinski definition) is 1. The Hall–Kier alpha value is -0.410. The van der Waals surface area contributed by atoms with E-state index in [9.17, 15) is 9.50 Å². The lowest BCUT2D eigenvalue weighted by atomic mass is 9.92. The summed E-state index contributed by atoms with van der Waals surface area (Å²) in [6, 6.07) is 4.63. The van der Waals surface area contributed by atoms with E-state index in [0.717, 1.165) is 25.7 Å². The molecule has 0 saturated heterocycles. The zero-order chi connectivity index (χ0) is 10.2. The second-order valence-corrected chi connectivity index (χ2v) is 4.81. The summed E-state index contributed by atoms with van der Waals surface area (Å²) in [7, 11) is 0. The van der Waals surface area contributed by atoms with Crippen molar-refractivity contribution in [3.8, 4) is 0 Å². The lowest BCUT2D eigenvalue weighted by molar-refractivity contribution is 0.0441. The van der Waals surface area contributed by atoms with E-state index in [1.807, 2.05) is 0 Å². The van der Waals surface area contributed by atoms with Gasteiger partial charge in [-0.05, 0) is 36.6 Å². The molecule has 0 amide bonds. The fraction of sp³-hybridized carbons (Fsp3) is 0.455. The summed E-state index contributed by atoms with van der Waals surface area (Å²) < 4.78 is 13.8. The Kier molecular flexibility index (Phi) is 2.62. The minimum absolute atomic E-state index is 0.297. The zero-order valence-electron chi connectivity index (χ0n) is 7.76. The van der Waals surface area contributed by atoms with Gasteiger partial charge >= 0.3 is 0 Å². The van der Waals surface area contributed by atoms with Crippen molar-refractivity contribution in [2.45, 2.75) is 31.3 Å². The molecule has 0 spiro atoms. The maximum Gasteiger partial charge on any atom is 0.124 e. The van der Waals surface area contributed by atoms with Crippen molar-refractivity contribution >= 4 is 15.9 Å². The van der Waals surface area contributed by atoms with Crippen molar-refractivity contribution in [1.29, 1.82) is 0 Å². The van der Waals surface area contributed by atoms with Crippen molar-refractivity contribution in [3.63, 3.8) is 0 Å². The van der Waals surface area contributed by atoms with Gasteiger partial charge in [0.15, 0.2) is 0 Å². The van der Waals surface area contributed by atoms with Gasteiger partial charge in [-0.2, -0.15) is 0 Å². The lowest BCUT2D eigenvalue weighted by Crippen LogP contribution is -2.20. The standard InChI is InChI=1S/C11H12BrFO/c12-9-5-8(6-10(13)7-9)11(14)3-1-2-4-11/h5-7,14H,1-4H2. The van der Waals surface area contributed by atoms with Crippen LogP contribution in [-0.4, -0.2) is 5.11 Å². The molecule has 14 heavy (non-hydrogen) atoms. The molecule has 0 unspecified atom stereocenters. The van der Waals surface area contributed by atoms with E-state index in [0.29, 0.717) is 10.0 Å². The van der Waals surface area contributed by atoms with Crippen molar-refractivity contribution in [2.24, 2.45) is 0 Å². The molecule has 0 atom stereocenters. The molecule has 0 bridgehead atoms. The molecule has 2 rings (SSSR count). The van der Waals surface area contributed by atoms with Crippen LogP contribution in [0, 0.1) is 5.82 Å². The van der Waals surface area contributed by atoms with Crippen LogP contribution in [0.5, 0.6) is 0 Å². The van der Waals surface area contributed by atoms with Gasteiger partial charge in [0.1, 0.15) is 5.82 Å². The molecule has 1 saturated carbocycles. The van der Waals surface area contributed by atoms with E-state index in [-0.39, 0.29) is 5.82 Å². The van der Waals surface area contributed by atoms with Crippen LogP contribution in [-0.2, 0) is 5.60 Å². The third-order valence-corrected chi connectivity index (χ3v) is 3.29. The molecule has 0 aromatic heterocycles. The SMILES string of the molecule is OC1(c2cc(F)cc(Br)c2)CCCC1. The molecule has 3 heteroatoms. The van der Waals surface area contributed by atoms with E-state index in [1.54, 1.807) is 6.07 Å². The van der Waals surface area contributed by atoms with Crippen molar-refractivity contribution < 1.29 is 9.50 Å². The van der Waals surface area contributed by atoms with Crippen molar-refractivity contribution in [2.75, 3.05) is 0 Å². The van der Waals surface area contributed by atoms with Crippen LogP contribution in [0.2, 0.25) is 0 Å². The van der Waals surface area contributed by atoms with Crippen LogP contribution in [0.15, 0.2) is 22.7 Å². The molecular weight excluding hydrogens is 247 g/mol. The number of hydrogen-bond acceptors (Lipinski definition) is 1. The van der Waals surface area contributed by atoms with Gasteiger partial charge in [0.05, 0.1) is 5.60 Å². The Balaban J connectivity index is 2.40. The molecule has 0 heterocycles. The molecule has 1 fully saturated rings. The highest BCUT2D eigenvalue weighted by molar-refractivity contribution is 9.10. The molecule has 76 valence electrons. The normalized spacial score (nSPS) is 19.9. The first kappa shape index (κ1) is 10.1. The maximum atomic E-state index is 13.1. The first-order chi connectivity index (χ1) is 6.60. The van der Waals surface area contributed by atoms with E-state index < -0.39 is 5.60 Å². The number of aliphatic hydroxyl groups is 1. The lowest BCUT2D eigenvalue weighted by Gasteiger charge is -2.22. The quantitative estimate of drug-likeness (QED) is 0.819. The van der Waals surface area contributed by atoms with Gasteiger partial charge in [0.2, 0.25) is 0 Å². The molecule has 1 aliphatic carbocycles. The third kappa shape index (κ3) is 1.84. The summed E-state index contributed by atoms with van der Waals surface area (Å²) in [6.45, 7) is 0. The van der Waals surface area contributed by atoms with E-state index in [2.05, 4.69) is 15.9 Å². The average Bonchev–Trinajstić information content (AvgIpc) is 2.52. The van der Waals surface area contributed by atoms with Crippen LogP contribution in [0.1, 0.15) is 31.2 Å². The van der Waals surface area contributed by atoms with Crippen LogP contribution < -0.4 is 0 Å². The zero-order valence-corrected chi connectivity index (χ0v) is 9.35. The number of rotatable bonds is 1. The second-order valence-electron chi connectivity index (χ2n) is 3.90. The molecular formula is C11H12BrFO. The first-order valence-corrected chi connectivity index (χ1v) is 5.58. The van der Waals surface area contributed by atoms with Crippen LogP contribution in [0.4, 0.5) is 4.39 Å². The number of halogens is 2. The van der Waals surface area contributed by atoms with Gasteiger partial charge in [-0.15, -0.1) is 0 Å². The summed E-state index contributed by atoms with van der Waals surface area (Å²) in [6.07, 6.45) is 3.51. The maximum absolute atomic E-state index is 13.1. The Bertz CT molecular complexity index is 325. The van der Waals surface area contributed by atoms with Crippen LogP contribution in [0.3, 0.4) is 0 Å². The minimum atomic E-state index is -0.801. The summed E-state index contributed by atoms with van der Waals surface area (Å²) in [4.78, 5) is 0. The van der Waals surface area contributed by atoms with E-state index in [1.165, 1.54) is 12.1 Å². The summed E-state index contributed by atoms with van der Waals surface area (Å²) in [5.74, 6) is -0.297. The van der Waals surface area contributed by atoms with Gasteiger partial charge in [-0.25, -0.2) is 4.39 Å². The van der Waals surface area contributed by atoms with Gasteiger partial charge in [-0.3, -0.25) is 0 Å². The Morgan fingerprint density at radius 3 is 2.43 bits per heavy atom. The fourth-order valence-corrected chi connectivity index (χ4v) is 2.54. The average molecular weight is 259 g/mol. The minimum Gasteiger partial charge on any atom is -0.385 e. The van der Waals surface area contributed by atoms with E-state index >= 15 is 0 Å². The molecule has 1 aromatic carbocycles. The monoisotopic (exact) mass is 258 g/mol. The van der Waals surface area contributed by atoms with Gasteiger partial charge in [0.25, 0.3) is 0 Å². The highest BCUT2D eigenvalue weighted by Gasteiger charge is 2.33. The summed E-state index contributed by atoms with van der Waals surface area (Å²) in [5, 5.41) is 10.2. The van der Waals surface area contributed by atoms with Crippen molar-refractivity contribution in [3.05, 3.63) is 34.1 Å². The molecule has 1 aromatic rings. The van der Waals surface area contributed by atoms with Crippen LogP contribution in [0.25, 0.3) is 0 Å². The first-order valence-electron chi connectivity index (χ1n) is 4.79. The summed E-state index contributed by atoms with van der Waals surface area (Å²) >= 11 is 3.23. The topological polar surface area (TPSA) is 20.2 Å². The van der Waals surface area contributed by atoms with Gasteiger partial charge < -0.3 is 5.11 Å². The molecule has 1 nitrogen and oxygen atoms in total. The Morgan fingerprint density at radius 2 is 1.86 bits per heavy atom. The molecule has 0 radical (unpaired) electrons. The largest absolute Gasteiger partial charge is 0.385 e. The highest BCUT2D eigenvalue weighted by Crippen LogP contribution is 2.39. The second kappa shape index (κ2) is 3.63. The predicted octanol–water partition coefficient (Wildman–Crippen LogP) is 3.35.